The van der Waals surface area contributed by atoms with E-state index in [4.69, 9.17) is 9.97 Å². The minimum atomic E-state index is 0.658. The second-order valence-corrected chi connectivity index (χ2v) is 11.8. The summed E-state index contributed by atoms with van der Waals surface area (Å²) in [5, 5.41) is 3.38. The van der Waals surface area contributed by atoms with Gasteiger partial charge in [0.15, 0.2) is 0 Å². The smallest absolute Gasteiger partial charge is 0.235 e. The molecule has 0 aliphatic heterocycles. The zero-order chi connectivity index (χ0) is 31.2. The first-order valence-corrected chi connectivity index (χ1v) is 15.9. The van der Waals surface area contributed by atoms with E-state index in [0.29, 0.717) is 5.95 Å². The van der Waals surface area contributed by atoms with Crippen LogP contribution in [0.1, 0.15) is 0 Å². The van der Waals surface area contributed by atoms with Crippen molar-refractivity contribution in [3.05, 3.63) is 176 Å². The van der Waals surface area contributed by atoms with E-state index in [-0.39, 0.29) is 0 Å². The van der Waals surface area contributed by atoms with Gasteiger partial charge in [-0.1, -0.05) is 164 Å². The molecule has 0 N–H and O–H groups in total. The topological polar surface area (TPSA) is 30.7 Å². The Bertz CT molecular complexity index is 2530. The minimum absolute atomic E-state index is 0.658. The molecule has 0 amide bonds. The van der Waals surface area contributed by atoms with Crippen LogP contribution in [0.2, 0.25) is 0 Å². The van der Waals surface area contributed by atoms with Crippen molar-refractivity contribution in [3.63, 3.8) is 0 Å². The van der Waals surface area contributed by atoms with Crippen LogP contribution in [0.15, 0.2) is 176 Å². The Kier molecular flexibility index (Phi) is 6.46. The molecule has 0 aliphatic carbocycles. The highest BCUT2D eigenvalue weighted by atomic mass is 15.2. The fraction of sp³-hybridized carbons (Fsp3) is 0. The predicted molar refractivity (Wildman–Crippen MR) is 196 cm³/mol. The maximum atomic E-state index is 5.36. The minimum Gasteiger partial charge on any atom is -0.277 e. The normalized spacial score (nSPS) is 11.4. The molecule has 2 heterocycles. The van der Waals surface area contributed by atoms with Gasteiger partial charge < -0.3 is 0 Å². The zero-order valence-corrected chi connectivity index (χ0v) is 25.6. The van der Waals surface area contributed by atoms with Gasteiger partial charge in [0.1, 0.15) is 0 Å². The summed E-state index contributed by atoms with van der Waals surface area (Å²) in [6.07, 6.45) is 0. The van der Waals surface area contributed by atoms with Crippen LogP contribution in [0.3, 0.4) is 0 Å². The van der Waals surface area contributed by atoms with E-state index in [1.165, 1.54) is 33.0 Å². The lowest BCUT2D eigenvalue weighted by atomic mass is 9.98. The lowest BCUT2D eigenvalue weighted by molar-refractivity contribution is 1.01. The average molecular weight is 600 g/mol. The maximum absolute atomic E-state index is 5.36. The van der Waals surface area contributed by atoms with Gasteiger partial charge in [-0.2, -0.15) is 0 Å². The van der Waals surface area contributed by atoms with E-state index < -0.39 is 0 Å². The lowest BCUT2D eigenvalue weighted by Gasteiger charge is -2.14. The molecule has 7 aromatic carbocycles. The molecular weight excluding hydrogens is 571 g/mol. The number of nitrogens with zero attached hydrogens (tertiary/aromatic N) is 3. The first-order valence-electron chi connectivity index (χ1n) is 15.9. The highest BCUT2D eigenvalue weighted by molar-refractivity contribution is 6.13. The molecule has 3 nitrogen and oxygen atoms in total. The Morgan fingerprint density at radius 1 is 0.340 bits per heavy atom. The van der Waals surface area contributed by atoms with Gasteiger partial charge >= 0.3 is 0 Å². The summed E-state index contributed by atoms with van der Waals surface area (Å²) in [7, 11) is 0. The van der Waals surface area contributed by atoms with Crippen molar-refractivity contribution in [1.82, 2.24) is 14.5 Å². The SMILES string of the molecule is c1ccc(-c2ccc(-c3nc(-n4c5ccccc5c5cccc(-c6ccc(-c7ccccc7)cc6)c54)nc4ccccc34)cc2)cc1. The maximum Gasteiger partial charge on any atom is 0.235 e. The van der Waals surface area contributed by atoms with Crippen molar-refractivity contribution in [2.45, 2.75) is 0 Å². The Balaban J connectivity index is 1.26. The average Bonchev–Trinajstić information content (AvgIpc) is 3.50. The molecule has 9 aromatic rings. The monoisotopic (exact) mass is 599 g/mol. The van der Waals surface area contributed by atoms with Crippen LogP contribution in [-0.4, -0.2) is 14.5 Å². The molecule has 0 spiro atoms. The third kappa shape index (κ3) is 4.68. The summed E-state index contributed by atoms with van der Waals surface area (Å²) >= 11 is 0. The summed E-state index contributed by atoms with van der Waals surface area (Å²) < 4.78 is 2.25. The van der Waals surface area contributed by atoms with Crippen molar-refractivity contribution in [1.29, 1.82) is 0 Å². The second-order valence-electron chi connectivity index (χ2n) is 11.8. The van der Waals surface area contributed by atoms with Crippen LogP contribution in [0.5, 0.6) is 0 Å². The Hall–Kier alpha value is -6.32. The van der Waals surface area contributed by atoms with Crippen LogP contribution < -0.4 is 0 Å². The highest BCUT2D eigenvalue weighted by Gasteiger charge is 2.20. The second kappa shape index (κ2) is 11.2. The summed E-state index contributed by atoms with van der Waals surface area (Å²) in [6, 6.07) is 62.0. The molecule has 0 fully saturated rings. The summed E-state index contributed by atoms with van der Waals surface area (Å²) in [6.45, 7) is 0. The van der Waals surface area contributed by atoms with Gasteiger partial charge in [-0.05, 0) is 39.9 Å². The number of aromatic nitrogens is 3. The third-order valence-corrected chi connectivity index (χ3v) is 9.05. The summed E-state index contributed by atoms with van der Waals surface area (Å²) in [4.78, 5) is 10.6. The highest BCUT2D eigenvalue weighted by Crippen LogP contribution is 2.39. The van der Waals surface area contributed by atoms with E-state index in [1.54, 1.807) is 0 Å². The Morgan fingerprint density at radius 2 is 0.851 bits per heavy atom. The van der Waals surface area contributed by atoms with Gasteiger partial charge in [0, 0.05) is 27.3 Å². The van der Waals surface area contributed by atoms with Crippen LogP contribution in [0, 0.1) is 0 Å². The van der Waals surface area contributed by atoms with Crippen molar-refractivity contribution in [2.24, 2.45) is 0 Å². The Morgan fingerprint density at radius 3 is 1.53 bits per heavy atom. The molecule has 0 atom stereocenters. The molecule has 0 aliphatic rings. The fourth-order valence-corrected chi connectivity index (χ4v) is 6.77. The molecule has 0 saturated carbocycles. The molecular formula is C44H29N3. The number of fused-ring (bicyclic) bond motifs is 4. The fourth-order valence-electron chi connectivity index (χ4n) is 6.77. The van der Waals surface area contributed by atoms with Crippen LogP contribution in [0.4, 0.5) is 0 Å². The van der Waals surface area contributed by atoms with Crippen LogP contribution in [0.25, 0.3) is 83.3 Å². The standard InChI is InChI=1S/C44H29N3/c1-3-12-30(13-4-1)32-22-26-34(27-23-32)36-18-11-19-38-37-16-8-10-21-41(37)47(43(36)38)44-45-40-20-9-7-17-39(40)42(46-44)35-28-24-33(25-29-35)31-14-5-2-6-15-31/h1-29H. The molecule has 47 heavy (non-hydrogen) atoms. The molecule has 2 aromatic heterocycles. The lowest BCUT2D eigenvalue weighted by Crippen LogP contribution is -2.04. The number of hydrogen-bond acceptors (Lipinski definition) is 2. The first-order chi connectivity index (χ1) is 23.3. The first kappa shape index (κ1) is 27.0. The quantitative estimate of drug-likeness (QED) is 0.197. The van der Waals surface area contributed by atoms with Crippen molar-refractivity contribution in [2.75, 3.05) is 0 Å². The molecule has 3 heteroatoms. The van der Waals surface area contributed by atoms with Gasteiger partial charge in [0.05, 0.1) is 22.2 Å². The molecule has 0 bridgehead atoms. The van der Waals surface area contributed by atoms with Gasteiger partial charge in [-0.25, -0.2) is 9.97 Å². The molecule has 0 saturated heterocycles. The third-order valence-electron chi connectivity index (χ3n) is 9.05. The molecule has 220 valence electrons. The molecule has 0 radical (unpaired) electrons. The molecule has 9 rings (SSSR count). The van der Waals surface area contributed by atoms with E-state index in [0.717, 1.165) is 44.3 Å². The van der Waals surface area contributed by atoms with Gasteiger partial charge in [-0.3, -0.25) is 4.57 Å². The number of benzene rings is 7. The largest absolute Gasteiger partial charge is 0.277 e. The summed E-state index contributed by atoms with van der Waals surface area (Å²) in [5.74, 6) is 0.658. The van der Waals surface area contributed by atoms with Crippen LogP contribution >= 0.6 is 0 Å². The van der Waals surface area contributed by atoms with Crippen LogP contribution in [-0.2, 0) is 0 Å². The van der Waals surface area contributed by atoms with Gasteiger partial charge in [0.25, 0.3) is 0 Å². The Labute approximate surface area is 273 Å². The van der Waals surface area contributed by atoms with Crippen molar-refractivity contribution in [3.8, 4) is 50.6 Å². The zero-order valence-electron chi connectivity index (χ0n) is 25.6. The number of para-hydroxylation sites is 3. The van der Waals surface area contributed by atoms with Gasteiger partial charge in [-0.15, -0.1) is 0 Å². The van der Waals surface area contributed by atoms with E-state index in [9.17, 15) is 0 Å². The van der Waals surface area contributed by atoms with Crippen molar-refractivity contribution < 1.29 is 0 Å². The van der Waals surface area contributed by atoms with E-state index in [1.807, 2.05) is 12.1 Å². The van der Waals surface area contributed by atoms with Crippen molar-refractivity contribution >= 4 is 32.7 Å². The predicted octanol–water partition coefficient (Wildman–Crippen LogP) is 11.4. The van der Waals surface area contributed by atoms with Gasteiger partial charge in [0.2, 0.25) is 5.95 Å². The number of rotatable bonds is 5. The van der Waals surface area contributed by atoms with E-state index >= 15 is 0 Å². The number of hydrogen-bond donors (Lipinski definition) is 0. The van der Waals surface area contributed by atoms with E-state index in [2.05, 4.69) is 168 Å². The summed E-state index contributed by atoms with van der Waals surface area (Å²) in [5.41, 5.74) is 12.1. The molecule has 0 unspecified atom stereocenters.